The summed E-state index contributed by atoms with van der Waals surface area (Å²) in [5.74, 6) is 0.568. The van der Waals surface area contributed by atoms with Gasteiger partial charge in [-0.15, -0.1) is 0 Å². The summed E-state index contributed by atoms with van der Waals surface area (Å²) in [5.41, 5.74) is 0.875. The number of anilines is 1. The number of halogens is 2. The van der Waals surface area contributed by atoms with Crippen molar-refractivity contribution in [3.05, 3.63) is 63.1 Å². The van der Waals surface area contributed by atoms with E-state index in [0.29, 0.717) is 15.9 Å². The Morgan fingerprint density at radius 2 is 1.88 bits per heavy atom. The second-order valence-corrected chi connectivity index (χ2v) is 6.40. The Labute approximate surface area is 159 Å². The average Bonchev–Trinajstić information content (AvgIpc) is 2.64. The molecule has 2 aromatic carbocycles. The van der Waals surface area contributed by atoms with Gasteiger partial charge in [-0.1, -0.05) is 23.2 Å². The highest BCUT2D eigenvalue weighted by Crippen LogP contribution is 2.25. The summed E-state index contributed by atoms with van der Waals surface area (Å²) in [6, 6.07) is 10.2. The summed E-state index contributed by atoms with van der Waals surface area (Å²) in [4.78, 5) is 28.9. The molecule has 0 saturated heterocycles. The van der Waals surface area contributed by atoms with Gasteiger partial charge in [-0.3, -0.25) is 14.2 Å². The molecule has 134 valence electrons. The van der Waals surface area contributed by atoms with Crippen LogP contribution in [0.15, 0.2) is 47.5 Å². The van der Waals surface area contributed by atoms with Crippen LogP contribution in [0.25, 0.3) is 10.9 Å². The van der Waals surface area contributed by atoms with Crippen molar-refractivity contribution >= 4 is 45.6 Å². The van der Waals surface area contributed by atoms with E-state index in [1.165, 1.54) is 23.0 Å². The molecular weight excluding hydrogens is 377 g/mol. The van der Waals surface area contributed by atoms with Crippen LogP contribution < -0.4 is 15.6 Å². The molecular formula is C18H15Cl2N3O3. The summed E-state index contributed by atoms with van der Waals surface area (Å²) in [6.07, 6.45) is 1.33. The van der Waals surface area contributed by atoms with Crippen molar-refractivity contribution in [2.24, 2.45) is 0 Å². The quantitative estimate of drug-likeness (QED) is 0.696. The Bertz CT molecular complexity index is 1020. The van der Waals surface area contributed by atoms with E-state index >= 15 is 0 Å². The maximum Gasteiger partial charge on any atom is 0.261 e. The minimum absolute atomic E-state index is 0.0815. The van der Waals surface area contributed by atoms with Crippen molar-refractivity contribution in [3.63, 3.8) is 0 Å². The molecule has 0 spiro atoms. The van der Waals surface area contributed by atoms with Crippen LogP contribution in [0.2, 0.25) is 10.0 Å². The molecule has 8 heteroatoms. The summed E-state index contributed by atoms with van der Waals surface area (Å²) in [7, 11) is 1.59. The number of fused-ring (bicyclic) bond motifs is 1. The third-order valence-corrected chi connectivity index (χ3v) is 4.51. The largest absolute Gasteiger partial charge is 0.497 e. The van der Waals surface area contributed by atoms with E-state index in [0.717, 1.165) is 11.4 Å². The highest BCUT2D eigenvalue weighted by molar-refractivity contribution is 6.42. The third kappa shape index (κ3) is 3.98. The number of ether oxygens (including phenoxy) is 1. The molecule has 0 bridgehead atoms. The molecule has 1 heterocycles. The highest BCUT2D eigenvalue weighted by atomic mass is 35.5. The Morgan fingerprint density at radius 3 is 2.58 bits per heavy atom. The van der Waals surface area contributed by atoms with Gasteiger partial charge in [0, 0.05) is 5.69 Å². The molecule has 0 atom stereocenters. The summed E-state index contributed by atoms with van der Waals surface area (Å²) >= 11 is 11.9. The Kier molecular flexibility index (Phi) is 5.44. The number of nitrogens with one attached hydrogen (secondary N) is 1. The molecule has 0 radical (unpaired) electrons. The molecule has 6 nitrogen and oxygen atoms in total. The smallest absolute Gasteiger partial charge is 0.261 e. The van der Waals surface area contributed by atoms with Gasteiger partial charge in [-0.05, 0) is 36.4 Å². The standard InChI is InChI=1S/C18H15Cl2N3O3/c1-26-13-4-2-11(3-5-13)21-8-12(24)9-23-10-22-17-7-16(20)15(19)6-14(17)18(23)25/h2-7,10,21H,8-9H2,1H3. The maximum absolute atomic E-state index is 12.5. The minimum atomic E-state index is -0.341. The van der Waals surface area contributed by atoms with Gasteiger partial charge in [0.15, 0.2) is 5.78 Å². The van der Waals surface area contributed by atoms with E-state index < -0.39 is 0 Å². The van der Waals surface area contributed by atoms with Crippen molar-refractivity contribution in [1.82, 2.24) is 9.55 Å². The van der Waals surface area contributed by atoms with Crippen LogP contribution in [-0.4, -0.2) is 29.0 Å². The zero-order valence-corrected chi connectivity index (χ0v) is 15.3. The number of Topliss-reactive ketones (excluding diaryl/α,β-unsaturated/α-hetero) is 1. The number of aromatic nitrogens is 2. The first-order valence-electron chi connectivity index (χ1n) is 7.72. The topological polar surface area (TPSA) is 73.2 Å². The number of methoxy groups -OCH3 is 1. The normalized spacial score (nSPS) is 10.7. The molecule has 0 aliphatic heterocycles. The molecule has 26 heavy (non-hydrogen) atoms. The minimum Gasteiger partial charge on any atom is -0.497 e. The van der Waals surface area contributed by atoms with Crippen molar-refractivity contribution in [2.75, 3.05) is 19.0 Å². The fourth-order valence-corrected chi connectivity index (χ4v) is 2.74. The number of benzene rings is 2. The fourth-order valence-electron chi connectivity index (χ4n) is 2.42. The first-order valence-corrected chi connectivity index (χ1v) is 8.47. The van der Waals surface area contributed by atoms with Crippen molar-refractivity contribution in [2.45, 2.75) is 6.54 Å². The lowest BCUT2D eigenvalue weighted by atomic mass is 10.2. The molecule has 1 aromatic heterocycles. The number of carbonyl (C=O) groups is 1. The van der Waals surface area contributed by atoms with Gasteiger partial charge in [-0.25, -0.2) is 4.98 Å². The highest BCUT2D eigenvalue weighted by Gasteiger charge is 2.10. The zero-order chi connectivity index (χ0) is 18.7. The van der Waals surface area contributed by atoms with Gasteiger partial charge >= 0.3 is 0 Å². The van der Waals surface area contributed by atoms with Crippen molar-refractivity contribution in [1.29, 1.82) is 0 Å². The monoisotopic (exact) mass is 391 g/mol. The second-order valence-electron chi connectivity index (χ2n) is 5.58. The van der Waals surface area contributed by atoms with Crippen LogP contribution in [0.3, 0.4) is 0 Å². The number of hydrogen-bond acceptors (Lipinski definition) is 5. The predicted molar refractivity (Wildman–Crippen MR) is 103 cm³/mol. The van der Waals surface area contributed by atoms with Gasteiger partial charge in [-0.2, -0.15) is 0 Å². The van der Waals surface area contributed by atoms with Crippen LogP contribution in [0.4, 0.5) is 5.69 Å². The van der Waals surface area contributed by atoms with Crippen LogP contribution in [0, 0.1) is 0 Å². The lowest BCUT2D eigenvalue weighted by Crippen LogP contribution is -2.27. The van der Waals surface area contributed by atoms with Gasteiger partial charge in [0.2, 0.25) is 0 Å². The Hall–Kier alpha value is -2.57. The lowest BCUT2D eigenvalue weighted by Gasteiger charge is -2.09. The maximum atomic E-state index is 12.5. The summed E-state index contributed by atoms with van der Waals surface area (Å²) in [5, 5.41) is 3.92. The number of carbonyl (C=O) groups excluding carboxylic acids is 1. The molecule has 0 amide bonds. The van der Waals surface area contributed by atoms with Crippen LogP contribution in [0.1, 0.15) is 0 Å². The zero-order valence-electron chi connectivity index (χ0n) is 13.8. The first-order chi connectivity index (χ1) is 12.5. The molecule has 0 unspecified atom stereocenters. The van der Waals surface area contributed by atoms with E-state index in [1.54, 1.807) is 19.2 Å². The fraction of sp³-hybridized carbons (Fsp3) is 0.167. The number of rotatable bonds is 6. The molecule has 0 aliphatic carbocycles. The van der Waals surface area contributed by atoms with E-state index in [-0.39, 0.29) is 29.5 Å². The molecule has 0 saturated carbocycles. The first kappa shape index (κ1) is 18.2. The SMILES string of the molecule is COc1ccc(NCC(=O)Cn2cnc3cc(Cl)c(Cl)cc3c2=O)cc1. The number of ketones is 1. The number of nitrogens with zero attached hydrogens (tertiary/aromatic N) is 2. The van der Waals surface area contributed by atoms with Crippen LogP contribution in [-0.2, 0) is 11.3 Å². The van der Waals surface area contributed by atoms with E-state index in [4.69, 9.17) is 27.9 Å². The molecule has 1 N–H and O–H groups in total. The van der Waals surface area contributed by atoms with Crippen LogP contribution in [0.5, 0.6) is 5.75 Å². The Morgan fingerprint density at radius 1 is 1.19 bits per heavy atom. The predicted octanol–water partition coefficient (Wildman–Crippen LogP) is 3.39. The number of hydrogen-bond donors (Lipinski definition) is 1. The van der Waals surface area contributed by atoms with Crippen molar-refractivity contribution in [3.8, 4) is 5.75 Å². The summed E-state index contributed by atoms with van der Waals surface area (Å²) in [6.45, 7) is -0.0106. The molecule has 3 aromatic rings. The van der Waals surface area contributed by atoms with E-state index in [2.05, 4.69) is 10.3 Å². The summed E-state index contributed by atoms with van der Waals surface area (Å²) < 4.78 is 6.34. The molecule has 0 aliphatic rings. The van der Waals surface area contributed by atoms with Gasteiger partial charge in [0.05, 0.1) is 47.5 Å². The average molecular weight is 392 g/mol. The lowest BCUT2D eigenvalue weighted by molar-refractivity contribution is -0.118. The molecule has 3 rings (SSSR count). The van der Waals surface area contributed by atoms with Gasteiger partial charge in [0.25, 0.3) is 5.56 Å². The molecule has 0 fully saturated rings. The van der Waals surface area contributed by atoms with E-state index in [9.17, 15) is 9.59 Å². The Balaban J connectivity index is 1.71. The van der Waals surface area contributed by atoms with Crippen molar-refractivity contribution < 1.29 is 9.53 Å². The second kappa shape index (κ2) is 7.76. The van der Waals surface area contributed by atoms with Crippen LogP contribution >= 0.6 is 23.2 Å². The van der Waals surface area contributed by atoms with Gasteiger partial charge < -0.3 is 10.1 Å². The van der Waals surface area contributed by atoms with E-state index in [1.807, 2.05) is 12.1 Å². The van der Waals surface area contributed by atoms with Gasteiger partial charge in [0.1, 0.15) is 5.75 Å². The third-order valence-electron chi connectivity index (χ3n) is 3.79.